The quantitative estimate of drug-likeness (QED) is 0.795. The molecule has 0 fully saturated rings. The highest BCUT2D eigenvalue weighted by atomic mass is 32.2. The summed E-state index contributed by atoms with van der Waals surface area (Å²) in [5, 5.41) is 2.72. The van der Waals surface area contributed by atoms with E-state index in [0.29, 0.717) is 30.4 Å². The first-order valence-corrected chi connectivity index (χ1v) is 10.6. The summed E-state index contributed by atoms with van der Waals surface area (Å²) in [6.45, 7) is 2.57. The minimum absolute atomic E-state index is 0.216. The van der Waals surface area contributed by atoms with Crippen LogP contribution in [-0.2, 0) is 14.8 Å². The van der Waals surface area contributed by atoms with Crippen LogP contribution in [0.3, 0.4) is 0 Å². The number of hydrogen-bond donors (Lipinski definition) is 1. The highest BCUT2D eigenvalue weighted by molar-refractivity contribution is 7.92. The standard InChI is InChI=1S/C19H21FN2O5S/c1-3-16(22(28(2,24)25)15-7-4-13(20)5-8-15)19(23)21-14-6-9-17-18(12-14)27-11-10-26-17/h4-9,12,16H,3,10-11H2,1-2H3,(H,21,23). The second kappa shape index (κ2) is 8.05. The van der Waals surface area contributed by atoms with Gasteiger partial charge in [0.15, 0.2) is 11.5 Å². The number of carbonyl (C=O) groups excluding carboxylic acids is 1. The number of benzene rings is 2. The number of nitrogens with one attached hydrogen (secondary N) is 1. The van der Waals surface area contributed by atoms with Gasteiger partial charge in [0.25, 0.3) is 0 Å². The molecule has 0 aromatic heterocycles. The predicted molar refractivity (Wildman–Crippen MR) is 104 cm³/mol. The summed E-state index contributed by atoms with van der Waals surface area (Å²) in [7, 11) is -3.79. The van der Waals surface area contributed by atoms with Gasteiger partial charge in [-0.15, -0.1) is 0 Å². The molecular weight excluding hydrogens is 387 g/mol. The summed E-state index contributed by atoms with van der Waals surface area (Å²) < 4.78 is 49.9. The fraction of sp³-hybridized carbons (Fsp3) is 0.316. The number of ether oxygens (including phenoxy) is 2. The number of fused-ring (bicyclic) bond motifs is 1. The van der Waals surface area contributed by atoms with Crippen molar-refractivity contribution in [3.63, 3.8) is 0 Å². The molecule has 0 radical (unpaired) electrons. The molecule has 150 valence electrons. The smallest absolute Gasteiger partial charge is 0.248 e. The second-order valence-corrected chi connectivity index (χ2v) is 8.17. The summed E-state index contributed by atoms with van der Waals surface area (Å²) in [6.07, 6.45) is 1.23. The molecule has 28 heavy (non-hydrogen) atoms. The van der Waals surface area contributed by atoms with E-state index in [1.807, 2.05) is 0 Å². The fourth-order valence-electron chi connectivity index (χ4n) is 2.99. The number of nitrogens with zero attached hydrogens (tertiary/aromatic N) is 1. The normalized spacial score (nSPS) is 14.2. The Bertz CT molecular complexity index is 963. The molecular formula is C19H21FN2O5S. The maximum absolute atomic E-state index is 13.2. The van der Waals surface area contributed by atoms with Gasteiger partial charge in [-0.1, -0.05) is 6.92 Å². The Morgan fingerprint density at radius 3 is 2.39 bits per heavy atom. The van der Waals surface area contributed by atoms with Gasteiger partial charge in [-0.25, -0.2) is 12.8 Å². The molecule has 0 saturated heterocycles. The lowest BCUT2D eigenvalue weighted by Gasteiger charge is -2.30. The molecule has 0 saturated carbocycles. The van der Waals surface area contributed by atoms with Gasteiger partial charge in [0.2, 0.25) is 15.9 Å². The van der Waals surface area contributed by atoms with Gasteiger partial charge in [0, 0.05) is 11.8 Å². The van der Waals surface area contributed by atoms with Crippen LogP contribution in [0.25, 0.3) is 0 Å². The van der Waals surface area contributed by atoms with Gasteiger partial charge in [0.1, 0.15) is 25.1 Å². The minimum atomic E-state index is -3.79. The van der Waals surface area contributed by atoms with Gasteiger partial charge in [0.05, 0.1) is 11.9 Å². The zero-order valence-electron chi connectivity index (χ0n) is 15.5. The molecule has 1 aliphatic rings. The predicted octanol–water partition coefficient (Wildman–Crippen LogP) is 2.78. The van der Waals surface area contributed by atoms with E-state index >= 15 is 0 Å². The summed E-state index contributed by atoms with van der Waals surface area (Å²) in [5.74, 6) is 0.0934. The Balaban J connectivity index is 1.87. The summed E-state index contributed by atoms with van der Waals surface area (Å²) in [5.41, 5.74) is 0.674. The van der Waals surface area contributed by atoms with Crippen molar-refractivity contribution in [1.82, 2.24) is 0 Å². The summed E-state index contributed by atoms with van der Waals surface area (Å²) in [4.78, 5) is 12.9. The number of hydrogen-bond acceptors (Lipinski definition) is 5. The third kappa shape index (κ3) is 4.36. The van der Waals surface area contributed by atoms with Crippen molar-refractivity contribution in [2.75, 3.05) is 29.1 Å². The van der Waals surface area contributed by atoms with Crippen LogP contribution in [-0.4, -0.2) is 39.8 Å². The average Bonchev–Trinajstić information content (AvgIpc) is 2.66. The van der Waals surface area contributed by atoms with Gasteiger partial charge in [-0.05, 0) is 42.8 Å². The second-order valence-electron chi connectivity index (χ2n) is 6.31. The number of rotatable bonds is 6. The molecule has 1 N–H and O–H groups in total. The maximum Gasteiger partial charge on any atom is 0.248 e. The molecule has 1 unspecified atom stereocenters. The van der Waals surface area contributed by atoms with Crippen molar-refractivity contribution in [3.8, 4) is 11.5 Å². The molecule has 0 aliphatic carbocycles. The molecule has 0 bridgehead atoms. The maximum atomic E-state index is 13.2. The molecule has 1 amide bonds. The summed E-state index contributed by atoms with van der Waals surface area (Å²) in [6, 6.07) is 8.92. The lowest BCUT2D eigenvalue weighted by molar-refractivity contribution is -0.117. The molecule has 1 aliphatic heterocycles. The molecule has 2 aromatic rings. The van der Waals surface area contributed by atoms with E-state index < -0.39 is 27.8 Å². The van der Waals surface area contributed by atoms with Crippen molar-refractivity contribution < 1.29 is 27.1 Å². The molecule has 0 spiro atoms. The zero-order chi connectivity index (χ0) is 20.3. The van der Waals surface area contributed by atoms with E-state index in [4.69, 9.17) is 9.47 Å². The van der Waals surface area contributed by atoms with Crippen LogP contribution in [0, 0.1) is 5.82 Å². The molecule has 1 heterocycles. The number of amides is 1. The SMILES string of the molecule is CCC(C(=O)Nc1ccc2c(c1)OCCO2)N(c1ccc(F)cc1)S(C)(=O)=O. The Labute approximate surface area is 163 Å². The molecule has 2 aromatic carbocycles. The number of anilines is 2. The summed E-state index contributed by atoms with van der Waals surface area (Å²) >= 11 is 0. The third-order valence-electron chi connectivity index (χ3n) is 4.22. The minimum Gasteiger partial charge on any atom is -0.486 e. The van der Waals surface area contributed by atoms with Crippen LogP contribution < -0.4 is 19.1 Å². The van der Waals surface area contributed by atoms with Gasteiger partial charge >= 0.3 is 0 Å². The largest absolute Gasteiger partial charge is 0.486 e. The fourth-order valence-corrected chi connectivity index (χ4v) is 4.21. The number of sulfonamides is 1. The molecule has 1 atom stereocenters. The Morgan fingerprint density at radius 1 is 1.14 bits per heavy atom. The van der Waals surface area contributed by atoms with Gasteiger partial charge in [-0.2, -0.15) is 0 Å². The Hall–Kier alpha value is -2.81. The van der Waals surface area contributed by atoms with Crippen LogP contribution in [0.4, 0.5) is 15.8 Å². The van der Waals surface area contributed by atoms with Crippen LogP contribution in [0.5, 0.6) is 11.5 Å². The van der Waals surface area contributed by atoms with E-state index in [1.165, 1.54) is 12.1 Å². The van der Waals surface area contributed by atoms with Crippen molar-refractivity contribution in [1.29, 1.82) is 0 Å². The van der Waals surface area contributed by atoms with Crippen molar-refractivity contribution in [3.05, 3.63) is 48.3 Å². The topological polar surface area (TPSA) is 84.9 Å². The van der Waals surface area contributed by atoms with Crippen molar-refractivity contribution in [2.45, 2.75) is 19.4 Å². The van der Waals surface area contributed by atoms with Crippen LogP contribution in [0.1, 0.15) is 13.3 Å². The monoisotopic (exact) mass is 408 g/mol. The first-order valence-electron chi connectivity index (χ1n) is 8.75. The van der Waals surface area contributed by atoms with Crippen LogP contribution >= 0.6 is 0 Å². The third-order valence-corrected chi connectivity index (χ3v) is 5.40. The molecule has 9 heteroatoms. The van der Waals surface area contributed by atoms with Gasteiger partial charge in [-0.3, -0.25) is 9.10 Å². The highest BCUT2D eigenvalue weighted by Crippen LogP contribution is 2.33. The van der Waals surface area contributed by atoms with E-state index in [2.05, 4.69) is 5.32 Å². The number of carbonyl (C=O) groups is 1. The van der Waals surface area contributed by atoms with Crippen LogP contribution in [0.2, 0.25) is 0 Å². The first-order chi connectivity index (χ1) is 13.3. The van der Waals surface area contributed by atoms with E-state index in [-0.39, 0.29) is 12.1 Å². The molecule has 7 nitrogen and oxygen atoms in total. The van der Waals surface area contributed by atoms with Crippen LogP contribution in [0.15, 0.2) is 42.5 Å². The van der Waals surface area contributed by atoms with E-state index in [1.54, 1.807) is 25.1 Å². The highest BCUT2D eigenvalue weighted by Gasteiger charge is 2.31. The van der Waals surface area contributed by atoms with Crippen molar-refractivity contribution in [2.24, 2.45) is 0 Å². The Kier molecular flexibility index (Phi) is 5.73. The van der Waals surface area contributed by atoms with E-state index in [9.17, 15) is 17.6 Å². The molecule has 3 rings (SSSR count). The zero-order valence-corrected chi connectivity index (χ0v) is 16.3. The first kappa shape index (κ1) is 19.9. The number of halogens is 1. The van der Waals surface area contributed by atoms with E-state index in [0.717, 1.165) is 22.7 Å². The average molecular weight is 408 g/mol. The van der Waals surface area contributed by atoms with Gasteiger partial charge < -0.3 is 14.8 Å². The lowest BCUT2D eigenvalue weighted by atomic mass is 10.1. The Morgan fingerprint density at radius 2 is 1.79 bits per heavy atom. The lowest BCUT2D eigenvalue weighted by Crippen LogP contribution is -2.47. The van der Waals surface area contributed by atoms with Crippen molar-refractivity contribution >= 4 is 27.3 Å².